The van der Waals surface area contributed by atoms with Crippen LogP contribution >= 0.6 is 0 Å². The van der Waals surface area contributed by atoms with Crippen molar-refractivity contribution in [2.75, 3.05) is 19.6 Å². The molecule has 0 aliphatic carbocycles. The Morgan fingerprint density at radius 2 is 2.30 bits per heavy atom. The molecule has 2 N–H and O–H groups in total. The molecule has 3 heterocycles. The molecule has 3 rings (SSSR count). The summed E-state index contributed by atoms with van der Waals surface area (Å²) in [7, 11) is 0. The average Bonchev–Trinajstić information content (AvgIpc) is 3.23. The fourth-order valence-corrected chi connectivity index (χ4v) is 2.75. The van der Waals surface area contributed by atoms with Crippen LogP contribution in [0.5, 0.6) is 0 Å². The minimum atomic E-state index is 0.418. The lowest BCUT2D eigenvalue weighted by atomic mass is 9.96. The van der Waals surface area contributed by atoms with E-state index in [2.05, 4.69) is 47.5 Å². The molecule has 124 valence electrons. The Morgan fingerprint density at radius 3 is 2.91 bits per heavy atom. The largest absolute Gasteiger partial charge is 0.357 e. The number of hydrogen-bond donors (Lipinski definition) is 2. The number of rotatable bonds is 4. The van der Waals surface area contributed by atoms with Crippen LogP contribution in [0.3, 0.4) is 0 Å². The maximum Gasteiger partial charge on any atom is 0.223 e. The van der Waals surface area contributed by atoms with Gasteiger partial charge < -0.3 is 14.7 Å². The molecule has 23 heavy (non-hydrogen) atoms. The van der Waals surface area contributed by atoms with Crippen molar-refractivity contribution in [1.82, 2.24) is 35.5 Å². The van der Waals surface area contributed by atoms with Gasteiger partial charge in [-0.25, -0.2) is 9.98 Å². The Balaban J connectivity index is 1.60. The summed E-state index contributed by atoms with van der Waals surface area (Å²) >= 11 is 0. The molecule has 0 unspecified atom stereocenters. The quantitative estimate of drug-likeness (QED) is 0.635. The lowest BCUT2D eigenvalue weighted by Gasteiger charge is -2.33. The minimum absolute atomic E-state index is 0.418. The number of aromatic amines is 1. The van der Waals surface area contributed by atoms with E-state index in [-0.39, 0.29) is 0 Å². The number of nitrogens with one attached hydrogen (secondary N) is 2. The second-order valence-electron chi connectivity index (χ2n) is 5.53. The Morgan fingerprint density at radius 1 is 1.48 bits per heavy atom. The van der Waals surface area contributed by atoms with Crippen molar-refractivity contribution in [3.05, 3.63) is 23.9 Å². The molecule has 0 spiro atoms. The third-order valence-electron chi connectivity index (χ3n) is 3.89. The normalized spacial score (nSPS) is 16.8. The van der Waals surface area contributed by atoms with Crippen LogP contribution in [0, 0.1) is 6.92 Å². The number of likely N-dealkylation sites (tertiary alicyclic amines) is 1. The Kier molecular flexibility index (Phi) is 4.84. The summed E-state index contributed by atoms with van der Waals surface area (Å²) in [5, 5.41) is 14.1. The first-order chi connectivity index (χ1) is 11.3. The Labute approximate surface area is 134 Å². The molecule has 9 heteroatoms. The van der Waals surface area contributed by atoms with Crippen LogP contribution in [0.4, 0.5) is 0 Å². The van der Waals surface area contributed by atoms with Crippen molar-refractivity contribution in [3.8, 4) is 0 Å². The zero-order valence-corrected chi connectivity index (χ0v) is 13.5. The summed E-state index contributed by atoms with van der Waals surface area (Å²) in [5.41, 5.74) is 0. The zero-order valence-electron chi connectivity index (χ0n) is 13.5. The van der Waals surface area contributed by atoms with Crippen molar-refractivity contribution in [3.63, 3.8) is 0 Å². The topological polar surface area (TPSA) is 108 Å². The van der Waals surface area contributed by atoms with Crippen LogP contribution in [0.25, 0.3) is 0 Å². The number of H-pyrrole nitrogens is 1. The Bertz CT molecular complexity index is 627. The second kappa shape index (κ2) is 7.21. The van der Waals surface area contributed by atoms with Gasteiger partial charge in [0, 0.05) is 32.5 Å². The smallest absolute Gasteiger partial charge is 0.223 e. The van der Waals surface area contributed by atoms with E-state index in [1.54, 1.807) is 13.3 Å². The van der Waals surface area contributed by atoms with Crippen molar-refractivity contribution in [2.24, 2.45) is 4.99 Å². The van der Waals surface area contributed by atoms with Crippen molar-refractivity contribution in [1.29, 1.82) is 0 Å². The molecule has 1 aliphatic heterocycles. The van der Waals surface area contributed by atoms with E-state index in [0.29, 0.717) is 24.2 Å². The molecule has 0 bridgehead atoms. The van der Waals surface area contributed by atoms with E-state index in [9.17, 15) is 0 Å². The molecule has 0 amide bonds. The van der Waals surface area contributed by atoms with Gasteiger partial charge in [-0.15, -0.1) is 0 Å². The molecule has 2 aromatic heterocycles. The van der Waals surface area contributed by atoms with Gasteiger partial charge in [0.25, 0.3) is 0 Å². The first kappa shape index (κ1) is 15.4. The second-order valence-corrected chi connectivity index (χ2v) is 5.53. The highest BCUT2D eigenvalue weighted by molar-refractivity contribution is 5.80. The van der Waals surface area contributed by atoms with Gasteiger partial charge in [-0.2, -0.15) is 10.1 Å². The van der Waals surface area contributed by atoms with E-state index in [0.717, 1.165) is 44.3 Å². The van der Waals surface area contributed by atoms with Gasteiger partial charge in [0.2, 0.25) is 5.89 Å². The minimum Gasteiger partial charge on any atom is -0.357 e. The summed E-state index contributed by atoms with van der Waals surface area (Å²) in [5.74, 6) is 3.49. The molecule has 0 saturated carbocycles. The van der Waals surface area contributed by atoms with Crippen molar-refractivity contribution < 1.29 is 4.52 Å². The van der Waals surface area contributed by atoms with Crippen molar-refractivity contribution >= 4 is 5.96 Å². The van der Waals surface area contributed by atoms with E-state index < -0.39 is 0 Å². The highest BCUT2D eigenvalue weighted by Gasteiger charge is 2.24. The molecule has 0 radical (unpaired) electrons. The Hall–Kier alpha value is -2.45. The molecule has 1 saturated heterocycles. The summed E-state index contributed by atoms with van der Waals surface area (Å²) in [6.45, 7) is 6.95. The SMILES string of the molecule is CCNC(=NCc1noc(C)n1)N1CCC(c2ncn[nH]2)CC1. The van der Waals surface area contributed by atoms with Crippen LogP contribution in [0.15, 0.2) is 15.8 Å². The van der Waals surface area contributed by atoms with E-state index in [4.69, 9.17) is 4.52 Å². The number of aromatic nitrogens is 5. The number of guanidine groups is 1. The number of piperidine rings is 1. The highest BCUT2D eigenvalue weighted by Crippen LogP contribution is 2.24. The molecular weight excluding hydrogens is 296 g/mol. The predicted octanol–water partition coefficient (Wildman–Crippen LogP) is 0.841. The van der Waals surface area contributed by atoms with E-state index >= 15 is 0 Å². The zero-order chi connectivity index (χ0) is 16.1. The summed E-state index contributed by atoms with van der Waals surface area (Å²) < 4.78 is 4.98. The molecule has 9 nitrogen and oxygen atoms in total. The fourth-order valence-electron chi connectivity index (χ4n) is 2.75. The third-order valence-corrected chi connectivity index (χ3v) is 3.89. The highest BCUT2D eigenvalue weighted by atomic mass is 16.5. The van der Waals surface area contributed by atoms with Gasteiger partial charge in [0.15, 0.2) is 11.8 Å². The summed E-state index contributed by atoms with van der Waals surface area (Å²) in [6.07, 6.45) is 3.63. The monoisotopic (exact) mass is 318 g/mol. The van der Waals surface area contributed by atoms with Gasteiger partial charge in [0.05, 0.1) is 0 Å². The van der Waals surface area contributed by atoms with Crippen LogP contribution < -0.4 is 5.32 Å². The maximum atomic E-state index is 4.98. The van der Waals surface area contributed by atoms with E-state index in [1.165, 1.54) is 0 Å². The van der Waals surface area contributed by atoms with E-state index in [1.807, 2.05) is 0 Å². The average molecular weight is 318 g/mol. The number of hydrogen-bond acceptors (Lipinski definition) is 6. The molecule has 0 atom stereocenters. The first-order valence-corrected chi connectivity index (χ1v) is 7.94. The third kappa shape index (κ3) is 3.85. The first-order valence-electron chi connectivity index (χ1n) is 7.94. The molecular formula is C14H22N8O. The maximum absolute atomic E-state index is 4.98. The predicted molar refractivity (Wildman–Crippen MR) is 83.8 cm³/mol. The van der Waals surface area contributed by atoms with Crippen LogP contribution in [-0.2, 0) is 6.54 Å². The van der Waals surface area contributed by atoms with Crippen molar-refractivity contribution in [2.45, 2.75) is 39.2 Å². The van der Waals surface area contributed by atoms with Crippen LogP contribution in [0.1, 0.15) is 43.2 Å². The number of aryl methyl sites for hydroxylation is 1. The molecule has 0 aromatic carbocycles. The van der Waals surface area contributed by atoms with Gasteiger partial charge in [0.1, 0.15) is 18.7 Å². The van der Waals surface area contributed by atoms with Gasteiger partial charge in [-0.05, 0) is 19.8 Å². The standard InChI is InChI=1S/C14H22N8O/c1-3-15-14(16-8-12-19-10(2)23-21-12)22-6-4-11(5-7-22)13-17-9-18-20-13/h9,11H,3-8H2,1-2H3,(H,15,16)(H,17,18,20). The lowest BCUT2D eigenvalue weighted by Crippen LogP contribution is -2.45. The van der Waals surface area contributed by atoms with Crippen LogP contribution in [-0.4, -0.2) is 55.8 Å². The summed E-state index contributed by atoms with van der Waals surface area (Å²) in [4.78, 5) is 15.3. The lowest BCUT2D eigenvalue weighted by molar-refractivity contribution is 0.298. The van der Waals surface area contributed by atoms with Gasteiger partial charge >= 0.3 is 0 Å². The molecule has 2 aromatic rings. The van der Waals surface area contributed by atoms with Gasteiger partial charge in [-0.1, -0.05) is 5.16 Å². The van der Waals surface area contributed by atoms with Crippen LogP contribution in [0.2, 0.25) is 0 Å². The fraction of sp³-hybridized carbons (Fsp3) is 0.643. The molecule has 1 aliphatic rings. The van der Waals surface area contributed by atoms with Gasteiger partial charge in [-0.3, -0.25) is 5.10 Å². The molecule has 1 fully saturated rings. The number of nitrogens with zero attached hydrogens (tertiary/aromatic N) is 6. The summed E-state index contributed by atoms with van der Waals surface area (Å²) in [6, 6.07) is 0. The number of aliphatic imine (C=N–C) groups is 1.